The van der Waals surface area contributed by atoms with E-state index in [2.05, 4.69) is 4.90 Å². The van der Waals surface area contributed by atoms with Gasteiger partial charge in [-0.3, -0.25) is 4.90 Å². The van der Waals surface area contributed by atoms with Gasteiger partial charge in [0.2, 0.25) is 0 Å². The number of nitrogens with zero attached hydrogens (tertiary/aromatic N) is 1. The van der Waals surface area contributed by atoms with E-state index in [1.165, 1.54) is 20.0 Å². The molecule has 0 aliphatic carbocycles. The third-order valence-electron chi connectivity index (χ3n) is 3.94. The SMILES string of the molecule is COC(=O)c1ccccc1CN1CC2CCC(C1)O2. The predicted octanol–water partition coefficient (Wildman–Crippen LogP) is 1.84. The molecule has 19 heavy (non-hydrogen) atoms. The van der Waals surface area contributed by atoms with Gasteiger partial charge in [-0.2, -0.15) is 0 Å². The Balaban J connectivity index is 1.74. The fraction of sp³-hybridized carbons (Fsp3) is 0.533. The van der Waals surface area contributed by atoms with Gasteiger partial charge in [0.25, 0.3) is 0 Å². The van der Waals surface area contributed by atoms with Gasteiger partial charge in [0, 0.05) is 19.6 Å². The first-order chi connectivity index (χ1) is 9.26. The Morgan fingerprint density at radius 3 is 2.68 bits per heavy atom. The molecule has 0 radical (unpaired) electrons. The van der Waals surface area contributed by atoms with Crippen LogP contribution in [0, 0.1) is 0 Å². The average molecular weight is 261 g/mol. The highest BCUT2D eigenvalue weighted by Gasteiger charge is 2.33. The lowest BCUT2D eigenvalue weighted by Gasteiger charge is -2.32. The molecule has 4 nitrogen and oxygen atoms in total. The molecule has 4 heteroatoms. The summed E-state index contributed by atoms with van der Waals surface area (Å²) in [4.78, 5) is 14.1. The van der Waals surface area contributed by atoms with Crippen LogP contribution in [0.3, 0.4) is 0 Å². The maximum absolute atomic E-state index is 11.8. The molecule has 1 aromatic rings. The van der Waals surface area contributed by atoms with Crippen molar-refractivity contribution in [3.63, 3.8) is 0 Å². The molecular weight excluding hydrogens is 242 g/mol. The lowest BCUT2D eigenvalue weighted by molar-refractivity contribution is -0.0411. The zero-order chi connectivity index (χ0) is 13.2. The molecule has 2 fully saturated rings. The summed E-state index contributed by atoms with van der Waals surface area (Å²) in [5.74, 6) is -0.258. The molecule has 0 aromatic heterocycles. The topological polar surface area (TPSA) is 38.8 Å². The smallest absolute Gasteiger partial charge is 0.338 e. The minimum Gasteiger partial charge on any atom is -0.465 e. The number of morpholine rings is 1. The van der Waals surface area contributed by atoms with Crippen molar-refractivity contribution >= 4 is 5.97 Å². The number of methoxy groups -OCH3 is 1. The highest BCUT2D eigenvalue weighted by molar-refractivity contribution is 5.90. The summed E-state index contributed by atoms with van der Waals surface area (Å²) in [7, 11) is 1.42. The van der Waals surface area contributed by atoms with Crippen LogP contribution in [0.25, 0.3) is 0 Å². The van der Waals surface area contributed by atoms with Crippen molar-refractivity contribution in [2.75, 3.05) is 20.2 Å². The summed E-state index contributed by atoms with van der Waals surface area (Å²) < 4.78 is 10.7. The fourth-order valence-corrected chi connectivity index (χ4v) is 3.04. The van der Waals surface area contributed by atoms with E-state index in [0.717, 1.165) is 25.2 Å². The number of fused-ring (bicyclic) bond motifs is 2. The molecule has 0 saturated carbocycles. The molecule has 102 valence electrons. The van der Waals surface area contributed by atoms with E-state index in [4.69, 9.17) is 9.47 Å². The number of benzene rings is 1. The van der Waals surface area contributed by atoms with Gasteiger partial charge in [-0.15, -0.1) is 0 Å². The van der Waals surface area contributed by atoms with Gasteiger partial charge >= 0.3 is 5.97 Å². The number of ether oxygens (including phenoxy) is 2. The Morgan fingerprint density at radius 2 is 2.00 bits per heavy atom. The molecule has 0 N–H and O–H groups in total. The maximum Gasteiger partial charge on any atom is 0.338 e. The monoisotopic (exact) mass is 261 g/mol. The summed E-state index contributed by atoms with van der Waals surface area (Å²) in [6.07, 6.45) is 3.09. The average Bonchev–Trinajstić information content (AvgIpc) is 2.78. The van der Waals surface area contributed by atoms with E-state index in [1.54, 1.807) is 0 Å². The second-order valence-corrected chi connectivity index (χ2v) is 5.30. The molecule has 2 aliphatic heterocycles. The molecule has 0 amide bonds. The Bertz CT molecular complexity index is 462. The van der Waals surface area contributed by atoms with Crippen LogP contribution < -0.4 is 0 Å². The van der Waals surface area contributed by atoms with Crippen LogP contribution in [0.1, 0.15) is 28.8 Å². The zero-order valence-electron chi connectivity index (χ0n) is 11.2. The summed E-state index contributed by atoms with van der Waals surface area (Å²) in [5.41, 5.74) is 1.71. The number of hydrogen-bond donors (Lipinski definition) is 0. The highest BCUT2D eigenvalue weighted by atomic mass is 16.5. The lowest BCUT2D eigenvalue weighted by Crippen LogP contribution is -2.42. The fourth-order valence-electron chi connectivity index (χ4n) is 3.04. The lowest BCUT2D eigenvalue weighted by atomic mass is 10.1. The molecule has 3 rings (SSSR count). The maximum atomic E-state index is 11.8. The van der Waals surface area contributed by atoms with E-state index in [1.807, 2.05) is 24.3 Å². The van der Waals surface area contributed by atoms with Crippen LogP contribution in [0.15, 0.2) is 24.3 Å². The van der Waals surface area contributed by atoms with Gasteiger partial charge < -0.3 is 9.47 Å². The highest BCUT2D eigenvalue weighted by Crippen LogP contribution is 2.27. The zero-order valence-corrected chi connectivity index (χ0v) is 11.2. The van der Waals surface area contributed by atoms with Crippen molar-refractivity contribution in [2.45, 2.75) is 31.6 Å². The van der Waals surface area contributed by atoms with Crippen molar-refractivity contribution in [3.8, 4) is 0 Å². The molecular formula is C15H19NO3. The summed E-state index contributed by atoms with van der Waals surface area (Å²) >= 11 is 0. The van der Waals surface area contributed by atoms with Crippen LogP contribution >= 0.6 is 0 Å². The molecule has 1 aromatic carbocycles. The molecule has 2 bridgehead atoms. The van der Waals surface area contributed by atoms with Gasteiger partial charge in [-0.25, -0.2) is 4.79 Å². The van der Waals surface area contributed by atoms with E-state index >= 15 is 0 Å². The Morgan fingerprint density at radius 1 is 1.32 bits per heavy atom. The van der Waals surface area contributed by atoms with E-state index < -0.39 is 0 Å². The van der Waals surface area contributed by atoms with E-state index in [9.17, 15) is 4.79 Å². The van der Waals surface area contributed by atoms with Crippen LogP contribution in [-0.4, -0.2) is 43.3 Å². The molecule has 2 saturated heterocycles. The molecule has 0 spiro atoms. The van der Waals surface area contributed by atoms with Crippen LogP contribution in [-0.2, 0) is 16.0 Å². The van der Waals surface area contributed by atoms with Crippen molar-refractivity contribution < 1.29 is 14.3 Å². The standard InChI is InChI=1S/C15H19NO3/c1-18-15(17)14-5-3-2-4-11(14)8-16-9-12-6-7-13(10-16)19-12/h2-5,12-13H,6-10H2,1H3. The number of hydrogen-bond acceptors (Lipinski definition) is 4. The van der Waals surface area contributed by atoms with Gasteiger partial charge in [-0.1, -0.05) is 18.2 Å². The number of likely N-dealkylation sites (tertiary alicyclic amines) is 1. The van der Waals surface area contributed by atoms with Crippen LogP contribution in [0.4, 0.5) is 0 Å². The third-order valence-corrected chi connectivity index (χ3v) is 3.94. The summed E-state index contributed by atoms with van der Waals surface area (Å²) in [6, 6.07) is 7.68. The Kier molecular flexibility index (Phi) is 3.53. The Hall–Kier alpha value is -1.39. The summed E-state index contributed by atoms with van der Waals surface area (Å²) in [6.45, 7) is 2.72. The number of rotatable bonds is 3. The second kappa shape index (κ2) is 5.31. The minimum absolute atomic E-state index is 0.258. The van der Waals surface area contributed by atoms with Gasteiger partial charge in [0.15, 0.2) is 0 Å². The predicted molar refractivity (Wildman–Crippen MR) is 71.0 cm³/mol. The summed E-state index contributed by atoms with van der Waals surface area (Å²) in [5, 5.41) is 0. The van der Waals surface area contributed by atoms with Crippen LogP contribution in [0.2, 0.25) is 0 Å². The Labute approximate surface area is 113 Å². The van der Waals surface area contributed by atoms with E-state index in [0.29, 0.717) is 17.8 Å². The quantitative estimate of drug-likeness (QED) is 0.778. The number of carbonyl (C=O) groups excluding carboxylic acids is 1. The van der Waals surface area contributed by atoms with Crippen molar-refractivity contribution in [3.05, 3.63) is 35.4 Å². The molecule has 2 atom stereocenters. The van der Waals surface area contributed by atoms with Gasteiger partial charge in [-0.05, 0) is 24.5 Å². The first-order valence-electron chi connectivity index (χ1n) is 6.80. The molecule has 2 unspecified atom stereocenters. The number of esters is 1. The largest absolute Gasteiger partial charge is 0.465 e. The van der Waals surface area contributed by atoms with Crippen LogP contribution in [0.5, 0.6) is 0 Å². The van der Waals surface area contributed by atoms with E-state index in [-0.39, 0.29) is 5.97 Å². The molecule has 2 aliphatic rings. The third kappa shape index (κ3) is 2.65. The minimum atomic E-state index is -0.258. The van der Waals surface area contributed by atoms with Crippen molar-refractivity contribution in [2.24, 2.45) is 0 Å². The first kappa shape index (κ1) is 12.6. The normalized spacial score (nSPS) is 26.4. The number of carbonyl (C=O) groups is 1. The molecule has 2 heterocycles. The van der Waals surface area contributed by atoms with Crippen molar-refractivity contribution in [1.82, 2.24) is 4.90 Å². The van der Waals surface area contributed by atoms with Crippen molar-refractivity contribution in [1.29, 1.82) is 0 Å². The first-order valence-corrected chi connectivity index (χ1v) is 6.80. The van der Waals surface area contributed by atoms with Gasteiger partial charge in [0.1, 0.15) is 0 Å². The second-order valence-electron chi connectivity index (χ2n) is 5.30. The van der Waals surface area contributed by atoms with Gasteiger partial charge in [0.05, 0.1) is 24.9 Å².